The van der Waals surface area contributed by atoms with Gasteiger partial charge in [-0.25, -0.2) is 0 Å². The Kier molecular flexibility index (Phi) is 11.7. The summed E-state index contributed by atoms with van der Waals surface area (Å²) in [6.45, 7) is 7.98. The summed E-state index contributed by atoms with van der Waals surface area (Å²) in [5, 5.41) is 0. The Morgan fingerprint density at radius 3 is 1.87 bits per heavy atom. The Hall–Kier alpha value is -4.30. The normalized spacial score (nSPS) is 19.4. The van der Waals surface area contributed by atoms with E-state index < -0.39 is 6.10 Å². The summed E-state index contributed by atoms with van der Waals surface area (Å²) >= 11 is 0. The molecule has 5 rings (SSSR count). The summed E-state index contributed by atoms with van der Waals surface area (Å²) < 4.78 is 26.1. The molecule has 0 spiro atoms. The van der Waals surface area contributed by atoms with Gasteiger partial charge in [-0.1, -0.05) is 97.1 Å². The Morgan fingerprint density at radius 1 is 0.783 bits per heavy atom. The Labute approximate surface area is 272 Å². The molecule has 0 saturated carbocycles. The number of nitrogens with zero attached hydrogens (tertiary/aromatic N) is 1. The summed E-state index contributed by atoms with van der Waals surface area (Å²) in [5.74, 6) is 0.152. The molecule has 7 nitrogen and oxygen atoms in total. The second kappa shape index (κ2) is 16.3. The van der Waals surface area contributed by atoms with Crippen LogP contribution in [0.1, 0.15) is 76.3 Å². The van der Waals surface area contributed by atoms with Crippen LogP contribution in [-0.4, -0.2) is 48.5 Å². The van der Waals surface area contributed by atoms with E-state index in [0.29, 0.717) is 49.6 Å². The molecule has 1 saturated heterocycles. The average Bonchev–Trinajstić information content (AvgIpc) is 3.10. The van der Waals surface area contributed by atoms with E-state index in [1.54, 1.807) is 11.0 Å². The van der Waals surface area contributed by atoms with Gasteiger partial charge in [-0.05, 0) is 43.5 Å². The first-order chi connectivity index (χ1) is 22.5. The SMILES string of the molecule is CCN(CC)C(=O)c1ccc(C2C[C@H](OCc3ccccc3)[C@@H](OCc3ccccc3)[C@H](C)O2)c(OCc2ccccc2)c1C=O. The van der Waals surface area contributed by atoms with Crippen molar-refractivity contribution in [3.05, 3.63) is 137 Å². The highest BCUT2D eigenvalue weighted by Gasteiger charge is 2.40. The van der Waals surface area contributed by atoms with Crippen LogP contribution in [0.15, 0.2) is 103 Å². The lowest BCUT2D eigenvalue weighted by Crippen LogP contribution is -2.47. The number of benzene rings is 4. The van der Waals surface area contributed by atoms with E-state index in [4.69, 9.17) is 18.9 Å². The molecule has 46 heavy (non-hydrogen) atoms. The van der Waals surface area contributed by atoms with Crippen molar-refractivity contribution < 1.29 is 28.5 Å². The first-order valence-corrected chi connectivity index (χ1v) is 16.1. The Morgan fingerprint density at radius 2 is 1.33 bits per heavy atom. The second-order valence-electron chi connectivity index (χ2n) is 11.5. The number of carbonyl (C=O) groups is 2. The molecule has 0 aromatic heterocycles. The molecule has 1 aliphatic rings. The number of carbonyl (C=O) groups excluding carboxylic acids is 2. The number of aldehydes is 1. The van der Waals surface area contributed by atoms with Crippen LogP contribution in [0.5, 0.6) is 5.75 Å². The molecule has 240 valence electrons. The van der Waals surface area contributed by atoms with Crippen molar-refractivity contribution in [1.29, 1.82) is 0 Å². The number of hydrogen-bond donors (Lipinski definition) is 0. The average molecular weight is 622 g/mol. The van der Waals surface area contributed by atoms with Gasteiger partial charge < -0.3 is 23.8 Å². The lowest BCUT2D eigenvalue weighted by atomic mass is 9.91. The van der Waals surface area contributed by atoms with Crippen LogP contribution in [0.3, 0.4) is 0 Å². The third-order valence-corrected chi connectivity index (χ3v) is 8.44. The molecule has 1 unspecified atom stereocenters. The van der Waals surface area contributed by atoms with Crippen LogP contribution in [0, 0.1) is 0 Å². The van der Waals surface area contributed by atoms with E-state index in [0.717, 1.165) is 23.0 Å². The smallest absolute Gasteiger partial charge is 0.254 e. The predicted molar refractivity (Wildman–Crippen MR) is 178 cm³/mol. The molecule has 1 fully saturated rings. The summed E-state index contributed by atoms with van der Waals surface area (Å²) in [7, 11) is 0. The zero-order valence-corrected chi connectivity index (χ0v) is 26.8. The maximum Gasteiger partial charge on any atom is 0.254 e. The predicted octanol–water partition coefficient (Wildman–Crippen LogP) is 7.58. The van der Waals surface area contributed by atoms with Crippen molar-refractivity contribution in [2.75, 3.05) is 13.1 Å². The van der Waals surface area contributed by atoms with Gasteiger partial charge >= 0.3 is 0 Å². The van der Waals surface area contributed by atoms with E-state index in [1.807, 2.05) is 118 Å². The maximum absolute atomic E-state index is 13.5. The summed E-state index contributed by atoms with van der Waals surface area (Å²) in [5.41, 5.74) is 4.33. The van der Waals surface area contributed by atoms with Gasteiger partial charge in [-0.15, -0.1) is 0 Å². The topological polar surface area (TPSA) is 74.3 Å². The molecule has 4 aromatic rings. The third-order valence-electron chi connectivity index (χ3n) is 8.44. The summed E-state index contributed by atoms with van der Waals surface area (Å²) in [6.07, 6.45) is -0.238. The van der Waals surface area contributed by atoms with Gasteiger partial charge in [0.15, 0.2) is 6.29 Å². The first kappa shape index (κ1) is 33.1. The monoisotopic (exact) mass is 621 g/mol. The van der Waals surface area contributed by atoms with Gasteiger partial charge in [0, 0.05) is 25.1 Å². The zero-order chi connectivity index (χ0) is 32.3. The lowest BCUT2D eigenvalue weighted by Gasteiger charge is -2.41. The molecule has 4 atom stereocenters. The fourth-order valence-electron chi connectivity index (χ4n) is 5.94. The van der Waals surface area contributed by atoms with Crippen LogP contribution >= 0.6 is 0 Å². The molecule has 0 N–H and O–H groups in total. The third kappa shape index (κ3) is 8.10. The minimum atomic E-state index is -0.463. The standard InChI is InChI=1S/C39H43NO6/c1-4-40(5-2)39(42)32-21-22-33(38(34(32)24-41)45-27-31-19-13-8-14-20-31)35-23-36(43-25-29-15-9-6-10-16-29)37(28(3)46-35)44-26-30-17-11-7-12-18-30/h6-22,24,28,35-37H,4-5,23,25-27H2,1-3H3/t28-,35?,36-,37-/m0/s1. The van der Waals surface area contributed by atoms with Crippen molar-refractivity contribution in [1.82, 2.24) is 4.90 Å². The minimum Gasteiger partial charge on any atom is -0.488 e. The largest absolute Gasteiger partial charge is 0.488 e. The van der Waals surface area contributed by atoms with E-state index in [2.05, 4.69) is 0 Å². The molecule has 0 aliphatic carbocycles. The second-order valence-corrected chi connectivity index (χ2v) is 11.5. The minimum absolute atomic E-state index is 0.209. The van der Waals surface area contributed by atoms with Gasteiger partial charge in [0.25, 0.3) is 5.91 Å². The van der Waals surface area contributed by atoms with Crippen LogP contribution in [-0.2, 0) is 34.0 Å². The van der Waals surface area contributed by atoms with E-state index in [1.165, 1.54) is 0 Å². The maximum atomic E-state index is 13.5. The molecule has 0 radical (unpaired) electrons. The van der Waals surface area contributed by atoms with Gasteiger partial charge in [0.1, 0.15) is 18.5 Å². The molecule has 1 amide bonds. The quantitative estimate of drug-likeness (QED) is 0.135. The van der Waals surface area contributed by atoms with E-state index >= 15 is 0 Å². The fraction of sp³-hybridized carbons (Fsp3) is 0.333. The summed E-state index contributed by atoms with van der Waals surface area (Å²) in [4.78, 5) is 27.9. The highest BCUT2D eigenvalue weighted by molar-refractivity contribution is 6.03. The summed E-state index contributed by atoms with van der Waals surface area (Å²) in [6, 6.07) is 33.4. The van der Waals surface area contributed by atoms with Crippen LogP contribution in [0.25, 0.3) is 0 Å². The van der Waals surface area contributed by atoms with Crippen molar-refractivity contribution in [3.8, 4) is 5.75 Å². The van der Waals surface area contributed by atoms with Crippen LogP contribution in [0.2, 0.25) is 0 Å². The molecular formula is C39H43NO6. The van der Waals surface area contributed by atoms with Crippen LogP contribution < -0.4 is 4.74 Å². The number of ether oxygens (including phenoxy) is 4. The van der Waals surface area contributed by atoms with Gasteiger partial charge in [-0.2, -0.15) is 0 Å². The van der Waals surface area contributed by atoms with Gasteiger partial charge in [0.05, 0.1) is 42.7 Å². The number of hydrogen-bond acceptors (Lipinski definition) is 6. The number of rotatable bonds is 14. The van der Waals surface area contributed by atoms with Crippen molar-refractivity contribution in [3.63, 3.8) is 0 Å². The van der Waals surface area contributed by atoms with E-state index in [-0.39, 0.29) is 36.4 Å². The molecule has 4 aromatic carbocycles. The highest BCUT2D eigenvalue weighted by atomic mass is 16.6. The molecule has 1 heterocycles. The molecular weight excluding hydrogens is 578 g/mol. The fourth-order valence-corrected chi connectivity index (χ4v) is 5.94. The highest BCUT2D eigenvalue weighted by Crippen LogP contribution is 2.41. The van der Waals surface area contributed by atoms with E-state index in [9.17, 15) is 9.59 Å². The Balaban J connectivity index is 1.48. The zero-order valence-electron chi connectivity index (χ0n) is 26.8. The molecule has 0 bridgehead atoms. The lowest BCUT2D eigenvalue weighted by molar-refractivity contribution is -0.204. The van der Waals surface area contributed by atoms with Crippen molar-refractivity contribution in [2.24, 2.45) is 0 Å². The first-order valence-electron chi connectivity index (χ1n) is 16.1. The van der Waals surface area contributed by atoms with Crippen molar-refractivity contribution >= 4 is 12.2 Å². The molecule has 1 aliphatic heterocycles. The van der Waals surface area contributed by atoms with Gasteiger partial charge in [0.2, 0.25) is 0 Å². The Bertz CT molecular complexity index is 1540. The number of amides is 1. The van der Waals surface area contributed by atoms with Crippen molar-refractivity contribution in [2.45, 2.75) is 71.4 Å². The van der Waals surface area contributed by atoms with Crippen LogP contribution in [0.4, 0.5) is 0 Å². The molecule has 7 heteroatoms. The van der Waals surface area contributed by atoms with Gasteiger partial charge in [-0.3, -0.25) is 9.59 Å².